The highest BCUT2D eigenvalue weighted by atomic mass is 32.1. The fourth-order valence-corrected chi connectivity index (χ4v) is 1.80. The molecule has 0 bridgehead atoms. The van der Waals surface area contributed by atoms with Gasteiger partial charge in [-0.3, -0.25) is 0 Å². The lowest BCUT2D eigenvalue weighted by atomic mass is 9.90. The van der Waals surface area contributed by atoms with Crippen LogP contribution in [0.15, 0.2) is 0 Å². The minimum absolute atomic E-state index is 0.453. The molecule has 0 spiro atoms. The average molecular weight is 195 g/mol. The number of hydrogen-bond acceptors (Lipinski definition) is 4. The van der Waals surface area contributed by atoms with E-state index < -0.39 is 5.41 Å². The third-order valence-corrected chi connectivity index (χ3v) is 3.23. The SMILES string of the molecule is CCc1nsc(C(C)(C#N)CC)n1. The van der Waals surface area contributed by atoms with Gasteiger partial charge in [0.15, 0.2) is 0 Å². The van der Waals surface area contributed by atoms with Gasteiger partial charge in [0.05, 0.1) is 6.07 Å². The molecule has 1 heterocycles. The Kier molecular flexibility index (Phi) is 2.99. The van der Waals surface area contributed by atoms with E-state index in [1.165, 1.54) is 11.5 Å². The van der Waals surface area contributed by atoms with Crippen LogP contribution in [0, 0.1) is 11.3 Å². The molecular weight excluding hydrogens is 182 g/mol. The van der Waals surface area contributed by atoms with E-state index in [0.29, 0.717) is 0 Å². The molecule has 0 aromatic carbocycles. The lowest BCUT2D eigenvalue weighted by Crippen LogP contribution is -2.17. The highest BCUT2D eigenvalue weighted by molar-refractivity contribution is 7.05. The van der Waals surface area contributed by atoms with Gasteiger partial charge < -0.3 is 0 Å². The molecule has 4 heteroatoms. The molecule has 70 valence electrons. The maximum atomic E-state index is 9.01. The molecule has 0 aliphatic heterocycles. The van der Waals surface area contributed by atoms with Gasteiger partial charge in [-0.2, -0.15) is 9.64 Å². The van der Waals surface area contributed by atoms with E-state index in [1.807, 2.05) is 20.8 Å². The summed E-state index contributed by atoms with van der Waals surface area (Å²) in [6.45, 7) is 5.92. The van der Waals surface area contributed by atoms with Gasteiger partial charge in [0.1, 0.15) is 16.2 Å². The summed E-state index contributed by atoms with van der Waals surface area (Å²) in [7, 11) is 0. The minimum Gasteiger partial charge on any atom is -0.223 e. The van der Waals surface area contributed by atoms with Crippen molar-refractivity contribution in [1.82, 2.24) is 9.36 Å². The fourth-order valence-electron chi connectivity index (χ4n) is 0.900. The summed E-state index contributed by atoms with van der Waals surface area (Å²) >= 11 is 1.35. The molecule has 1 atom stereocenters. The minimum atomic E-state index is -0.453. The molecule has 0 aliphatic rings. The summed E-state index contributed by atoms with van der Waals surface area (Å²) in [5.41, 5.74) is -0.453. The molecule has 0 amide bonds. The molecule has 1 unspecified atom stereocenters. The van der Waals surface area contributed by atoms with Crippen molar-refractivity contribution in [1.29, 1.82) is 5.26 Å². The highest BCUT2D eigenvalue weighted by Gasteiger charge is 2.28. The van der Waals surface area contributed by atoms with Crippen molar-refractivity contribution >= 4 is 11.5 Å². The van der Waals surface area contributed by atoms with Crippen molar-refractivity contribution in [2.24, 2.45) is 0 Å². The van der Waals surface area contributed by atoms with Crippen LogP contribution in [-0.2, 0) is 11.8 Å². The van der Waals surface area contributed by atoms with E-state index in [1.54, 1.807) is 0 Å². The standard InChI is InChI=1S/C9H13N3S/c1-4-7-11-8(13-12-7)9(3,5-2)6-10/h4-5H2,1-3H3. The maximum absolute atomic E-state index is 9.01. The molecule has 0 aliphatic carbocycles. The lowest BCUT2D eigenvalue weighted by molar-refractivity contribution is 0.581. The van der Waals surface area contributed by atoms with Crippen LogP contribution in [0.1, 0.15) is 38.0 Å². The topological polar surface area (TPSA) is 49.6 Å². The van der Waals surface area contributed by atoms with Gasteiger partial charge in [-0.15, -0.1) is 0 Å². The number of nitrogens with zero attached hydrogens (tertiary/aromatic N) is 3. The zero-order valence-electron chi connectivity index (χ0n) is 8.16. The first-order valence-corrected chi connectivity index (χ1v) is 5.18. The molecule has 0 N–H and O–H groups in total. The first-order chi connectivity index (χ1) is 6.16. The second kappa shape index (κ2) is 3.84. The number of hydrogen-bond donors (Lipinski definition) is 0. The van der Waals surface area contributed by atoms with Gasteiger partial charge in [0, 0.05) is 6.42 Å². The molecule has 0 saturated carbocycles. The van der Waals surface area contributed by atoms with E-state index in [4.69, 9.17) is 5.26 Å². The van der Waals surface area contributed by atoms with Crippen molar-refractivity contribution in [3.8, 4) is 6.07 Å². The summed E-state index contributed by atoms with van der Waals surface area (Å²) in [6.07, 6.45) is 1.61. The second-order valence-corrected chi connectivity index (χ2v) is 3.92. The van der Waals surface area contributed by atoms with Crippen LogP contribution in [0.25, 0.3) is 0 Å². The van der Waals surface area contributed by atoms with Gasteiger partial charge in [0.2, 0.25) is 0 Å². The van der Waals surface area contributed by atoms with Crippen molar-refractivity contribution in [2.45, 2.75) is 39.0 Å². The van der Waals surface area contributed by atoms with Crippen molar-refractivity contribution in [3.05, 3.63) is 10.8 Å². The molecule has 3 nitrogen and oxygen atoms in total. The Bertz CT molecular complexity index is 326. The molecule has 0 radical (unpaired) electrons. The zero-order chi connectivity index (χ0) is 9.90. The third-order valence-electron chi connectivity index (χ3n) is 2.21. The number of rotatable bonds is 3. The summed E-state index contributed by atoms with van der Waals surface area (Å²) in [5, 5.41) is 9.85. The normalized spacial score (nSPS) is 14.9. The Morgan fingerprint density at radius 3 is 2.62 bits per heavy atom. The molecular formula is C9H13N3S. The maximum Gasteiger partial charge on any atom is 0.142 e. The molecule has 1 rings (SSSR count). The van der Waals surface area contributed by atoms with E-state index in [2.05, 4.69) is 15.4 Å². The quantitative estimate of drug-likeness (QED) is 0.743. The van der Waals surface area contributed by atoms with E-state index >= 15 is 0 Å². The smallest absolute Gasteiger partial charge is 0.142 e. The Morgan fingerprint density at radius 1 is 1.54 bits per heavy atom. The van der Waals surface area contributed by atoms with Crippen LogP contribution >= 0.6 is 11.5 Å². The summed E-state index contributed by atoms with van der Waals surface area (Å²) in [5.74, 6) is 0.843. The van der Waals surface area contributed by atoms with Gasteiger partial charge in [-0.1, -0.05) is 13.8 Å². The lowest BCUT2D eigenvalue weighted by Gasteiger charge is -2.14. The molecule has 0 saturated heterocycles. The van der Waals surface area contributed by atoms with Crippen LogP contribution in [0.2, 0.25) is 0 Å². The van der Waals surface area contributed by atoms with Crippen molar-refractivity contribution < 1.29 is 0 Å². The second-order valence-electron chi connectivity index (χ2n) is 3.17. The van der Waals surface area contributed by atoms with Crippen LogP contribution in [0.3, 0.4) is 0 Å². The Labute approximate surface area is 82.6 Å². The number of aromatic nitrogens is 2. The van der Waals surface area contributed by atoms with Gasteiger partial charge >= 0.3 is 0 Å². The van der Waals surface area contributed by atoms with Gasteiger partial charge in [-0.25, -0.2) is 4.98 Å². The van der Waals surface area contributed by atoms with Crippen molar-refractivity contribution in [2.75, 3.05) is 0 Å². The molecule has 1 aromatic rings. The largest absolute Gasteiger partial charge is 0.223 e. The van der Waals surface area contributed by atoms with E-state index in [9.17, 15) is 0 Å². The van der Waals surface area contributed by atoms with Crippen LogP contribution < -0.4 is 0 Å². The van der Waals surface area contributed by atoms with Gasteiger partial charge in [-0.05, 0) is 24.9 Å². The highest BCUT2D eigenvalue weighted by Crippen LogP contribution is 2.27. The molecule has 13 heavy (non-hydrogen) atoms. The monoisotopic (exact) mass is 195 g/mol. The third kappa shape index (κ3) is 1.86. The first-order valence-electron chi connectivity index (χ1n) is 4.40. The van der Waals surface area contributed by atoms with Crippen LogP contribution in [0.4, 0.5) is 0 Å². The molecule has 1 aromatic heterocycles. The average Bonchev–Trinajstić information content (AvgIpc) is 2.65. The summed E-state index contributed by atoms with van der Waals surface area (Å²) in [6, 6.07) is 2.29. The van der Waals surface area contributed by atoms with Crippen LogP contribution in [0.5, 0.6) is 0 Å². The number of nitriles is 1. The Balaban J connectivity index is 3.00. The Morgan fingerprint density at radius 2 is 2.23 bits per heavy atom. The van der Waals surface area contributed by atoms with Crippen molar-refractivity contribution in [3.63, 3.8) is 0 Å². The number of aryl methyl sites for hydroxylation is 1. The van der Waals surface area contributed by atoms with Crippen LogP contribution in [-0.4, -0.2) is 9.36 Å². The molecule has 0 fully saturated rings. The zero-order valence-corrected chi connectivity index (χ0v) is 8.98. The predicted octanol–water partition coefficient (Wildman–Crippen LogP) is 2.29. The fraction of sp³-hybridized carbons (Fsp3) is 0.667. The Hall–Kier alpha value is -0.950. The van der Waals surface area contributed by atoms with Gasteiger partial charge in [0.25, 0.3) is 0 Å². The van der Waals surface area contributed by atoms with E-state index in [0.717, 1.165) is 23.7 Å². The van der Waals surface area contributed by atoms with E-state index in [-0.39, 0.29) is 0 Å². The first kappa shape index (κ1) is 10.1. The summed E-state index contributed by atoms with van der Waals surface area (Å²) < 4.78 is 4.18. The summed E-state index contributed by atoms with van der Waals surface area (Å²) in [4.78, 5) is 4.33. The predicted molar refractivity (Wildman–Crippen MR) is 52.5 cm³/mol.